The minimum atomic E-state index is -1.76. The van der Waals surface area contributed by atoms with Crippen LogP contribution in [0.4, 0.5) is 0 Å². The first-order valence-corrected chi connectivity index (χ1v) is 12.0. The number of pyridine rings is 2. The van der Waals surface area contributed by atoms with Crippen LogP contribution in [0.3, 0.4) is 0 Å². The van der Waals surface area contributed by atoms with Gasteiger partial charge in [0.1, 0.15) is 11.5 Å². The summed E-state index contributed by atoms with van der Waals surface area (Å²) in [6.07, 6.45) is 0.0406. The maximum atomic E-state index is 9.12. The predicted molar refractivity (Wildman–Crippen MR) is 144 cm³/mol. The van der Waals surface area contributed by atoms with Crippen molar-refractivity contribution in [2.24, 2.45) is 0 Å². The Balaban J connectivity index is 1.56. The average molecular weight is 457 g/mol. The van der Waals surface area contributed by atoms with Crippen molar-refractivity contribution in [1.82, 2.24) is 9.97 Å². The van der Waals surface area contributed by atoms with Crippen molar-refractivity contribution in [3.05, 3.63) is 95.5 Å². The summed E-state index contributed by atoms with van der Waals surface area (Å²) >= 11 is 0. The monoisotopic (exact) mass is 456 g/mol. The average Bonchev–Trinajstić information content (AvgIpc) is 3.27. The van der Waals surface area contributed by atoms with Gasteiger partial charge in [0.2, 0.25) is 0 Å². The summed E-state index contributed by atoms with van der Waals surface area (Å²) in [7, 11) is 0. The number of aromatic nitrogens is 2. The van der Waals surface area contributed by atoms with E-state index in [9.17, 15) is 0 Å². The lowest BCUT2D eigenvalue weighted by Crippen LogP contribution is -2.13. The van der Waals surface area contributed by atoms with Crippen LogP contribution in [0, 0.1) is 6.92 Å². The van der Waals surface area contributed by atoms with Gasteiger partial charge >= 0.3 is 0 Å². The molecule has 0 amide bonds. The van der Waals surface area contributed by atoms with Crippen molar-refractivity contribution in [3.63, 3.8) is 0 Å². The first kappa shape index (κ1) is 18.4. The fourth-order valence-corrected chi connectivity index (χ4v) is 5.40. The Bertz CT molecular complexity index is 1910. The molecule has 0 N–H and O–H groups in total. The quantitative estimate of drug-likeness (QED) is 0.249. The van der Waals surface area contributed by atoms with Gasteiger partial charge in [-0.2, -0.15) is 0 Å². The molecule has 0 saturated carbocycles. The maximum absolute atomic E-state index is 9.12. The first-order chi connectivity index (χ1) is 17.6. The van der Waals surface area contributed by atoms with E-state index in [0.717, 1.165) is 55.0 Å². The zero-order chi connectivity index (χ0) is 25.7. The lowest BCUT2D eigenvalue weighted by atomic mass is 9.83. The summed E-state index contributed by atoms with van der Waals surface area (Å²) in [5, 5.41) is 3.91. The lowest BCUT2D eigenvalue weighted by molar-refractivity contribution is 0.563. The molecule has 1 aliphatic rings. The minimum absolute atomic E-state index is 0.125. The van der Waals surface area contributed by atoms with E-state index in [2.05, 4.69) is 45.0 Å². The molecule has 1 aliphatic carbocycles. The number of benzene rings is 3. The molecule has 3 nitrogen and oxygen atoms in total. The molecule has 0 unspecified atom stereocenters. The van der Waals surface area contributed by atoms with Gasteiger partial charge in [-0.3, -0.25) is 9.97 Å². The minimum Gasteiger partial charge on any atom is -0.458 e. The van der Waals surface area contributed by atoms with E-state index in [-0.39, 0.29) is 5.41 Å². The van der Waals surface area contributed by atoms with Crippen molar-refractivity contribution >= 4 is 32.6 Å². The summed E-state index contributed by atoms with van der Waals surface area (Å²) in [4.78, 5) is 9.64. The van der Waals surface area contributed by atoms with E-state index in [4.69, 9.17) is 17.1 Å². The Labute approximate surface area is 207 Å². The fraction of sp³-hybridized carbons (Fsp3) is 0.188. The van der Waals surface area contributed by atoms with E-state index in [1.54, 1.807) is 6.20 Å². The molecule has 3 aromatic carbocycles. The smallest absolute Gasteiger partial charge is 0.161 e. The van der Waals surface area contributed by atoms with Gasteiger partial charge in [-0.25, -0.2) is 0 Å². The zero-order valence-corrected chi connectivity index (χ0v) is 20.2. The van der Waals surface area contributed by atoms with Crippen LogP contribution in [0.5, 0.6) is 0 Å². The Kier molecular flexibility index (Phi) is 3.68. The van der Waals surface area contributed by atoms with Crippen molar-refractivity contribution in [1.29, 1.82) is 0 Å². The van der Waals surface area contributed by atoms with Gasteiger partial charge in [-0.1, -0.05) is 63.2 Å². The van der Waals surface area contributed by atoms with E-state index in [0.29, 0.717) is 22.6 Å². The third-order valence-electron chi connectivity index (χ3n) is 7.04. The second kappa shape index (κ2) is 7.02. The van der Waals surface area contributed by atoms with Crippen molar-refractivity contribution < 1.29 is 7.16 Å². The van der Waals surface area contributed by atoms with Gasteiger partial charge in [0.15, 0.2) is 5.58 Å². The molecule has 0 atom stereocenters. The molecule has 35 heavy (non-hydrogen) atoms. The Morgan fingerprint density at radius 1 is 0.943 bits per heavy atom. The van der Waals surface area contributed by atoms with E-state index in [1.165, 1.54) is 0 Å². The summed E-state index contributed by atoms with van der Waals surface area (Å²) in [6.45, 7) is 8.60. The van der Waals surface area contributed by atoms with E-state index in [1.807, 2.05) is 49.4 Å². The molecule has 3 heterocycles. The molecule has 7 rings (SSSR count). The normalized spacial score (nSPS) is 15.3. The second-order valence-electron chi connectivity index (χ2n) is 10.5. The van der Waals surface area contributed by atoms with Crippen molar-refractivity contribution in [2.45, 2.75) is 39.5 Å². The molecule has 0 fully saturated rings. The molecule has 0 saturated heterocycles. The molecule has 0 radical (unpaired) electrons. The highest BCUT2D eigenvalue weighted by atomic mass is 16.3. The third kappa shape index (κ3) is 2.97. The first-order valence-electron chi connectivity index (χ1n) is 13.0. The maximum Gasteiger partial charge on any atom is 0.161 e. The number of furan rings is 1. The molecular weight excluding hydrogens is 428 g/mol. The summed E-state index contributed by atoms with van der Waals surface area (Å²) in [5.74, 6) is 0.345. The van der Waals surface area contributed by atoms with Gasteiger partial charge in [0, 0.05) is 42.9 Å². The SMILES string of the molecule is [2H]C1([2H])c2oc3c(-c4cc(C(C)(C)C)c5nc(C)ccc5c4)nccc3c2-c2cccc3cccc1c23. The fourth-order valence-electron chi connectivity index (χ4n) is 5.40. The summed E-state index contributed by atoms with van der Waals surface area (Å²) in [6, 6.07) is 22.3. The standard InChI is InChI=1S/C32H26N2O/c1-18-11-12-21-15-22(16-25(29(21)34-18)32(2,3)4)30-31-24(13-14-33-30)28-23-10-6-8-19-7-5-9-20(27(19)23)17-26(28)35-31/h5-16H,17H2,1-4H3/i17D2. The van der Waals surface area contributed by atoms with Gasteiger partial charge in [0.25, 0.3) is 0 Å². The highest BCUT2D eigenvalue weighted by Crippen LogP contribution is 2.46. The molecule has 6 aromatic rings. The number of fused-ring (bicyclic) bond motifs is 5. The molecule has 3 heteroatoms. The largest absolute Gasteiger partial charge is 0.458 e. The van der Waals surface area contributed by atoms with Gasteiger partial charge < -0.3 is 4.42 Å². The van der Waals surface area contributed by atoms with Crippen LogP contribution in [0.15, 0.2) is 77.3 Å². The van der Waals surface area contributed by atoms with Crippen LogP contribution in [0.25, 0.3) is 55.0 Å². The topological polar surface area (TPSA) is 38.9 Å². The Hall–Kier alpha value is -3.98. The predicted octanol–water partition coefficient (Wildman–Crippen LogP) is 8.37. The van der Waals surface area contributed by atoms with Crippen LogP contribution in [0.2, 0.25) is 0 Å². The third-order valence-corrected chi connectivity index (χ3v) is 7.04. The molecule has 0 bridgehead atoms. The van der Waals surface area contributed by atoms with Gasteiger partial charge in [-0.05, 0) is 64.1 Å². The molecule has 0 spiro atoms. The number of hydrogen-bond donors (Lipinski definition) is 0. The highest BCUT2D eigenvalue weighted by Gasteiger charge is 2.27. The number of rotatable bonds is 1. The summed E-state index contributed by atoms with van der Waals surface area (Å²) in [5.41, 5.74) is 7.74. The number of hydrogen-bond acceptors (Lipinski definition) is 3. The van der Waals surface area contributed by atoms with Crippen LogP contribution in [-0.4, -0.2) is 9.97 Å². The van der Waals surface area contributed by atoms with E-state index >= 15 is 0 Å². The molecule has 3 aromatic heterocycles. The van der Waals surface area contributed by atoms with Crippen LogP contribution in [-0.2, 0) is 11.8 Å². The summed E-state index contributed by atoms with van der Waals surface area (Å²) < 4.78 is 24.7. The van der Waals surface area contributed by atoms with Crippen LogP contribution in [0.1, 0.15) is 46.1 Å². The Morgan fingerprint density at radius 2 is 1.77 bits per heavy atom. The highest BCUT2D eigenvalue weighted by molar-refractivity contribution is 6.10. The molecule has 0 aliphatic heterocycles. The van der Waals surface area contributed by atoms with E-state index < -0.39 is 6.37 Å². The number of aryl methyl sites for hydroxylation is 1. The number of nitrogens with zero attached hydrogens (tertiary/aromatic N) is 2. The molecular formula is C32H26N2O. The van der Waals surface area contributed by atoms with Gasteiger partial charge in [-0.15, -0.1) is 0 Å². The lowest BCUT2D eigenvalue weighted by Gasteiger charge is -2.22. The van der Waals surface area contributed by atoms with Crippen molar-refractivity contribution in [2.75, 3.05) is 0 Å². The van der Waals surface area contributed by atoms with Crippen LogP contribution < -0.4 is 0 Å². The van der Waals surface area contributed by atoms with Gasteiger partial charge in [0.05, 0.1) is 5.52 Å². The van der Waals surface area contributed by atoms with Crippen LogP contribution >= 0.6 is 0 Å². The second-order valence-corrected chi connectivity index (χ2v) is 10.5. The zero-order valence-electron chi connectivity index (χ0n) is 22.2. The van der Waals surface area contributed by atoms with Crippen molar-refractivity contribution in [3.8, 4) is 22.4 Å². The molecule has 170 valence electrons. The Morgan fingerprint density at radius 3 is 2.60 bits per heavy atom.